The molecular weight excluding hydrogens is 258 g/mol. The van der Waals surface area contributed by atoms with E-state index < -0.39 is 0 Å². The number of ether oxygens (including phenoxy) is 1. The minimum Gasteiger partial charge on any atom is -0.382 e. The lowest BCUT2D eigenvalue weighted by molar-refractivity contribution is -0.0403. The van der Waals surface area contributed by atoms with E-state index in [0.717, 1.165) is 12.5 Å². The van der Waals surface area contributed by atoms with Crippen molar-refractivity contribution in [3.05, 3.63) is 29.8 Å². The lowest BCUT2D eigenvalue weighted by Crippen LogP contribution is -2.42. The summed E-state index contributed by atoms with van der Waals surface area (Å²) in [7, 11) is 0. The fourth-order valence-corrected chi connectivity index (χ4v) is 4.74. The van der Waals surface area contributed by atoms with Gasteiger partial charge in [0, 0.05) is 29.8 Å². The first-order valence-corrected chi connectivity index (χ1v) is 8.89. The van der Waals surface area contributed by atoms with Crippen LogP contribution in [0.25, 0.3) is 0 Å². The molecule has 0 amide bonds. The van der Waals surface area contributed by atoms with Crippen molar-refractivity contribution < 1.29 is 4.74 Å². The van der Waals surface area contributed by atoms with Crippen LogP contribution >= 0.6 is 0 Å². The van der Waals surface area contributed by atoms with Crippen LogP contribution in [0.3, 0.4) is 0 Å². The third-order valence-electron chi connectivity index (χ3n) is 5.81. The monoisotopic (exact) mass is 285 g/mol. The van der Waals surface area contributed by atoms with Crippen LogP contribution < -0.4 is 5.32 Å². The zero-order valence-electron chi connectivity index (χ0n) is 12.9. The third kappa shape index (κ3) is 2.70. The zero-order valence-corrected chi connectivity index (χ0v) is 12.9. The Hall–Kier alpha value is -1.02. The highest BCUT2D eigenvalue weighted by atomic mass is 16.5. The Bertz CT molecular complexity index is 480. The van der Waals surface area contributed by atoms with Crippen LogP contribution in [-0.2, 0) is 4.74 Å². The molecule has 0 radical (unpaired) electrons. The summed E-state index contributed by atoms with van der Waals surface area (Å²) >= 11 is 0. The molecule has 1 aromatic rings. The molecule has 0 bridgehead atoms. The van der Waals surface area contributed by atoms with E-state index in [-0.39, 0.29) is 0 Å². The van der Waals surface area contributed by atoms with Crippen molar-refractivity contribution in [2.45, 2.75) is 63.5 Å². The fraction of sp³-hybridized carbons (Fsp3) is 0.684. The van der Waals surface area contributed by atoms with Crippen molar-refractivity contribution in [1.29, 1.82) is 0 Å². The van der Waals surface area contributed by atoms with Gasteiger partial charge < -0.3 is 10.1 Å². The fourth-order valence-electron chi connectivity index (χ4n) is 4.74. The van der Waals surface area contributed by atoms with Crippen LogP contribution in [0.15, 0.2) is 24.3 Å². The molecule has 3 aliphatic rings. The van der Waals surface area contributed by atoms with E-state index in [1.807, 2.05) is 0 Å². The number of para-hydroxylation sites is 1. The SMILES string of the molecule is c1ccc2c(c1)N[C@H](CC1CCCCC1)[C@H]1CCCO[C@H]21. The largest absolute Gasteiger partial charge is 0.382 e. The van der Waals surface area contributed by atoms with Crippen molar-refractivity contribution in [2.75, 3.05) is 11.9 Å². The zero-order chi connectivity index (χ0) is 14.1. The van der Waals surface area contributed by atoms with Gasteiger partial charge in [-0.15, -0.1) is 0 Å². The standard InChI is InChI=1S/C19H27NO/c1-2-7-14(8-3-1)13-18-16-10-6-12-21-19(16)15-9-4-5-11-17(15)20-18/h4-5,9,11,14,16,18-20H,1-3,6-8,10,12-13H2/t16-,18-,19-/m1/s1. The van der Waals surface area contributed by atoms with Crippen molar-refractivity contribution in [3.8, 4) is 0 Å². The van der Waals surface area contributed by atoms with Gasteiger partial charge in [-0.1, -0.05) is 50.3 Å². The van der Waals surface area contributed by atoms with Crippen LogP contribution in [0.5, 0.6) is 0 Å². The van der Waals surface area contributed by atoms with Crippen LogP contribution in [0, 0.1) is 11.8 Å². The van der Waals surface area contributed by atoms with Crippen LogP contribution in [0.4, 0.5) is 5.69 Å². The quantitative estimate of drug-likeness (QED) is 0.833. The van der Waals surface area contributed by atoms with E-state index in [0.29, 0.717) is 18.1 Å². The molecule has 3 atom stereocenters. The van der Waals surface area contributed by atoms with Gasteiger partial charge >= 0.3 is 0 Å². The Kier molecular flexibility index (Phi) is 3.89. The van der Waals surface area contributed by atoms with E-state index in [1.165, 1.54) is 62.6 Å². The first-order chi connectivity index (χ1) is 10.4. The Labute approximate surface area is 128 Å². The Morgan fingerprint density at radius 3 is 2.76 bits per heavy atom. The van der Waals surface area contributed by atoms with Gasteiger partial charge in [-0.05, 0) is 31.2 Å². The summed E-state index contributed by atoms with van der Waals surface area (Å²) in [5, 5.41) is 3.86. The van der Waals surface area contributed by atoms with Crippen molar-refractivity contribution in [3.63, 3.8) is 0 Å². The van der Waals surface area contributed by atoms with Crippen LogP contribution in [0.1, 0.15) is 63.0 Å². The topological polar surface area (TPSA) is 21.3 Å². The van der Waals surface area contributed by atoms with Gasteiger partial charge in [0.15, 0.2) is 0 Å². The van der Waals surface area contributed by atoms with Gasteiger partial charge in [-0.2, -0.15) is 0 Å². The molecule has 2 nitrogen and oxygen atoms in total. The average molecular weight is 285 g/mol. The number of hydrogen-bond acceptors (Lipinski definition) is 2. The van der Waals surface area contributed by atoms with Crippen LogP contribution in [-0.4, -0.2) is 12.6 Å². The third-order valence-corrected chi connectivity index (χ3v) is 5.81. The molecule has 2 fully saturated rings. The molecule has 2 heterocycles. The molecule has 1 aliphatic carbocycles. The molecule has 0 unspecified atom stereocenters. The maximum absolute atomic E-state index is 6.19. The second kappa shape index (κ2) is 6.00. The maximum atomic E-state index is 6.19. The predicted molar refractivity (Wildman–Crippen MR) is 86.5 cm³/mol. The summed E-state index contributed by atoms with van der Waals surface area (Å²) in [5.74, 6) is 1.61. The molecule has 21 heavy (non-hydrogen) atoms. The lowest BCUT2D eigenvalue weighted by Gasteiger charge is -2.44. The highest BCUT2D eigenvalue weighted by Crippen LogP contribution is 2.45. The Morgan fingerprint density at radius 1 is 1.00 bits per heavy atom. The first kappa shape index (κ1) is 13.6. The number of fused-ring (bicyclic) bond motifs is 3. The van der Waals surface area contributed by atoms with Gasteiger partial charge in [-0.25, -0.2) is 0 Å². The molecule has 0 spiro atoms. The molecule has 1 aromatic carbocycles. The Morgan fingerprint density at radius 2 is 1.86 bits per heavy atom. The molecule has 2 aliphatic heterocycles. The van der Waals surface area contributed by atoms with Crippen LogP contribution in [0.2, 0.25) is 0 Å². The molecular formula is C19H27NO. The Balaban J connectivity index is 1.56. The van der Waals surface area contributed by atoms with E-state index in [1.54, 1.807) is 0 Å². The molecule has 0 aromatic heterocycles. The number of benzene rings is 1. The first-order valence-electron chi connectivity index (χ1n) is 8.89. The predicted octanol–water partition coefficient (Wildman–Crippen LogP) is 4.92. The van der Waals surface area contributed by atoms with Gasteiger partial charge in [0.05, 0.1) is 6.10 Å². The smallest absolute Gasteiger partial charge is 0.0892 e. The second-order valence-corrected chi connectivity index (χ2v) is 7.18. The van der Waals surface area contributed by atoms with Gasteiger partial charge in [-0.3, -0.25) is 0 Å². The summed E-state index contributed by atoms with van der Waals surface area (Å²) in [5.41, 5.74) is 2.71. The number of rotatable bonds is 2. The minimum atomic E-state index is 0.338. The van der Waals surface area contributed by atoms with Gasteiger partial charge in [0.2, 0.25) is 0 Å². The highest BCUT2D eigenvalue weighted by Gasteiger charge is 2.39. The molecule has 1 N–H and O–H groups in total. The summed E-state index contributed by atoms with van der Waals surface area (Å²) in [4.78, 5) is 0. The second-order valence-electron chi connectivity index (χ2n) is 7.18. The number of anilines is 1. The summed E-state index contributed by atoms with van der Waals surface area (Å²) < 4.78 is 6.19. The van der Waals surface area contributed by atoms with E-state index in [2.05, 4.69) is 29.6 Å². The van der Waals surface area contributed by atoms with Crippen molar-refractivity contribution in [2.24, 2.45) is 11.8 Å². The summed E-state index contributed by atoms with van der Waals surface area (Å²) in [6, 6.07) is 9.40. The average Bonchev–Trinajstić information content (AvgIpc) is 2.56. The van der Waals surface area contributed by atoms with E-state index >= 15 is 0 Å². The highest BCUT2D eigenvalue weighted by molar-refractivity contribution is 5.55. The normalized spacial score (nSPS) is 32.9. The molecule has 2 heteroatoms. The van der Waals surface area contributed by atoms with Crippen molar-refractivity contribution in [1.82, 2.24) is 0 Å². The molecule has 1 saturated heterocycles. The number of nitrogens with one attached hydrogen (secondary N) is 1. The lowest BCUT2D eigenvalue weighted by atomic mass is 9.75. The summed E-state index contributed by atoms with van der Waals surface area (Å²) in [6.07, 6.45) is 11.5. The van der Waals surface area contributed by atoms with E-state index in [9.17, 15) is 0 Å². The summed E-state index contributed by atoms with van der Waals surface area (Å²) in [6.45, 7) is 0.936. The molecule has 1 saturated carbocycles. The molecule has 114 valence electrons. The van der Waals surface area contributed by atoms with Crippen molar-refractivity contribution >= 4 is 5.69 Å². The van der Waals surface area contributed by atoms with Gasteiger partial charge in [0.1, 0.15) is 0 Å². The van der Waals surface area contributed by atoms with Gasteiger partial charge in [0.25, 0.3) is 0 Å². The van der Waals surface area contributed by atoms with E-state index in [4.69, 9.17) is 4.74 Å². The molecule has 4 rings (SSSR count). The number of hydrogen-bond donors (Lipinski definition) is 1. The minimum absolute atomic E-state index is 0.338. The maximum Gasteiger partial charge on any atom is 0.0892 e.